The Labute approximate surface area is 69.3 Å². The summed E-state index contributed by atoms with van der Waals surface area (Å²) in [5, 5.41) is 3.51. The molecule has 0 aromatic heterocycles. The highest BCUT2D eigenvalue weighted by Gasteiger charge is 2.33. The van der Waals surface area contributed by atoms with Crippen molar-refractivity contribution in [3.63, 3.8) is 0 Å². The fourth-order valence-corrected chi connectivity index (χ4v) is 0.989. The molecule has 0 unspecified atom stereocenters. The van der Waals surface area contributed by atoms with Crippen molar-refractivity contribution >= 4 is 0 Å². The molecule has 0 aromatic carbocycles. The van der Waals surface area contributed by atoms with E-state index in [1.807, 2.05) is 0 Å². The van der Waals surface area contributed by atoms with Gasteiger partial charge in [0.25, 0.3) is 0 Å². The zero-order valence-electron chi connectivity index (χ0n) is 8.03. The summed E-state index contributed by atoms with van der Waals surface area (Å²) in [7, 11) is 0. The average Bonchev–Trinajstić information content (AvgIpc) is 1.77. The van der Waals surface area contributed by atoms with Crippen molar-refractivity contribution in [3.05, 3.63) is 0 Å². The molecule has 1 heterocycles. The summed E-state index contributed by atoms with van der Waals surface area (Å²) >= 11 is 0. The zero-order chi connectivity index (χ0) is 8.54. The third kappa shape index (κ3) is 2.80. The van der Waals surface area contributed by atoms with Gasteiger partial charge in [0.05, 0.1) is 18.8 Å². The molecule has 1 aliphatic heterocycles. The smallest absolute Gasteiger partial charge is 0.0669 e. The molecule has 0 saturated carbocycles. The van der Waals surface area contributed by atoms with Crippen LogP contribution in [-0.4, -0.2) is 25.3 Å². The van der Waals surface area contributed by atoms with E-state index in [0.717, 1.165) is 19.8 Å². The van der Waals surface area contributed by atoms with Gasteiger partial charge in [-0.1, -0.05) is 20.8 Å². The van der Waals surface area contributed by atoms with Gasteiger partial charge in [0.2, 0.25) is 0 Å². The molecule has 1 saturated heterocycles. The van der Waals surface area contributed by atoms with E-state index in [2.05, 4.69) is 33.0 Å². The SMILES string of the molecule is CC(C)(C)CNC1(C)COC1. The molecule has 0 aromatic rings. The van der Waals surface area contributed by atoms with Crippen molar-refractivity contribution in [2.45, 2.75) is 33.2 Å². The van der Waals surface area contributed by atoms with Gasteiger partial charge in [0.15, 0.2) is 0 Å². The summed E-state index contributed by atoms with van der Waals surface area (Å²) in [5.74, 6) is 0. The first kappa shape index (κ1) is 9.01. The van der Waals surface area contributed by atoms with Crippen molar-refractivity contribution in [2.24, 2.45) is 5.41 Å². The van der Waals surface area contributed by atoms with Gasteiger partial charge < -0.3 is 10.1 Å². The van der Waals surface area contributed by atoms with Crippen molar-refractivity contribution in [1.82, 2.24) is 5.32 Å². The lowest BCUT2D eigenvalue weighted by Gasteiger charge is -2.40. The molecule has 0 aliphatic carbocycles. The molecule has 11 heavy (non-hydrogen) atoms. The Morgan fingerprint density at radius 2 is 1.91 bits per heavy atom. The number of rotatable bonds is 2. The molecule has 0 atom stereocenters. The van der Waals surface area contributed by atoms with Crippen LogP contribution in [-0.2, 0) is 4.74 Å². The van der Waals surface area contributed by atoms with E-state index in [1.54, 1.807) is 0 Å². The molecule has 1 N–H and O–H groups in total. The summed E-state index contributed by atoms with van der Waals surface area (Å²) in [5.41, 5.74) is 0.631. The molecular weight excluding hydrogens is 138 g/mol. The van der Waals surface area contributed by atoms with Crippen LogP contribution in [0.2, 0.25) is 0 Å². The Kier molecular flexibility index (Phi) is 2.26. The van der Waals surface area contributed by atoms with Crippen LogP contribution in [0.5, 0.6) is 0 Å². The Morgan fingerprint density at radius 3 is 2.18 bits per heavy atom. The van der Waals surface area contributed by atoms with Crippen LogP contribution >= 0.6 is 0 Å². The predicted octanol–water partition coefficient (Wildman–Crippen LogP) is 1.41. The van der Waals surface area contributed by atoms with Gasteiger partial charge in [-0.15, -0.1) is 0 Å². The van der Waals surface area contributed by atoms with Crippen LogP contribution in [0.1, 0.15) is 27.7 Å². The molecule has 0 radical (unpaired) electrons. The molecule has 1 rings (SSSR count). The second kappa shape index (κ2) is 2.76. The van der Waals surface area contributed by atoms with E-state index < -0.39 is 0 Å². The van der Waals surface area contributed by atoms with Gasteiger partial charge in [-0.25, -0.2) is 0 Å². The zero-order valence-corrected chi connectivity index (χ0v) is 8.03. The van der Waals surface area contributed by atoms with Gasteiger partial charge in [0, 0.05) is 6.54 Å². The molecule has 2 nitrogen and oxygen atoms in total. The van der Waals surface area contributed by atoms with Gasteiger partial charge in [0.1, 0.15) is 0 Å². The van der Waals surface area contributed by atoms with Crippen molar-refractivity contribution in [3.8, 4) is 0 Å². The quantitative estimate of drug-likeness (QED) is 0.654. The lowest BCUT2D eigenvalue weighted by Crippen LogP contribution is -2.59. The lowest BCUT2D eigenvalue weighted by atomic mass is 9.93. The van der Waals surface area contributed by atoms with E-state index >= 15 is 0 Å². The van der Waals surface area contributed by atoms with Crippen LogP contribution in [0.4, 0.5) is 0 Å². The largest absolute Gasteiger partial charge is 0.377 e. The van der Waals surface area contributed by atoms with Crippen molar-refractivity contribution < 1.29 is 4.74 Å². The minimum Gasteiger partial charge on any atom is -0.377 e. The molecule has 1 aliphatic rings. The van der Waals surface area contributed by atoms with Crippen LogP contribution in [0.15, 0.2) is 0 Å². The third-order valence-corrected chi connectivity index (χ3v) is 1.89. The van der Waals surface area contributed by atoms with Crippen molar-refractivity contribution in [1.29, 1.82) is 0 Å². The Morgan fingerprint density at radius 1 is 1.36 bits per heavy atom. The Balaban J connectivity index is 2.21. The molecule has 0 bridgehead atoms. The second-order valence-corrected chi connectivity index (χ2v) is 4.97. The van der Waals surface area contributed by atoms with Gasteiger partial charge in [-0.2, -0.15) is 0 Å². The number of ether oxygens (including phenoxy) is 1. The summed E-state index contributed by atoms with van der Waals surface area (Å²) in [6.45, 7) is 11.7. The maximum atomic E-state index is 5.14. The predicted molar refractivity (Wildman–Crippen MR) is 46.7 cm³/mol. The molecule has 66 valence electrons. The fourth-order valence-electron chi connectivity index (χ4n) is 0.989. The van der Waals surface area contributed by atoms with Crippen molar-refractivity contribution in [2.75, 3.05) is 19.8 Å². The molecule has 0 spiro atoms. The molecular formula is C9H19NO. The average molecular weight is 157 g/mol. The summed E-state index contributed by atoms with van der Waals surface area (Å²) in [4.78, 5) is 0. The first-order chi connectivity index (χ1) is 4.91. The number of hydrogen-bond acceptors (Lipinski definition) is 2. The van der Waals surface area contributed by atoms with E-state index in [0.29, 0.717) is 5.41 Å². The third-order valence-electron chi connectivity index (χ3n) is 1.89. The topological polar surface area (TPSA) is 21.3 Å². The summed E-state index contributed by atoms with van der Waals surface area (Å²) in [6.07, 6.45) is 0. The number of nitrogens with one attached hydrogen (secondary N) is 1. The molecule has 1 fully saturated rings. The minimum atomic E-state index is 0.257. The Bertz CT molecular complexity index is 133. The van der Waals surface area contributed by atoms with E-state index in [-0.39, 0.29) is 5.54 Å². The molecule has 0 amide bonds. The van der Waals surface area contributed by atoms with Crippen LogP contribution < -0.4 is 5.32 Å². The highest BCUT2D eigenvalue weighted by atomic mass is 16.5. The maximum absolute atomic E-state index is 5.14. The minimum absolute atomic E-state index is 0.257. The van der Waals surface area contributed by atoms with E-state index in [1.165, 1.54) is 0 Å². The highest BCUT2D eigenvalue weighted by molar-refractivity contribution is 4.90. The first-order valence-electron chi connectivity index (χ1n) is 4.24. The van der Waals surface area contributed by atoms with Gasteiger partial charge in [-0.3, -0.25) is 0 Å². The maximum Gasteiger partial charge on any atom is 0.0669 e. The molecule has 2 heteroatoms. The van der Waals surface area contributed by atoms with Crippen LogP contribution in [0, 0.1) is 5.41 Å². The number of hydrogen-bond donors (Lipinski definition) is 1. The van der Waals surface area contributed by atoms with Crippen LogP contribution in [0.25, 0.3) is 0 Å². The van der Waals surface area contributed by atoms with Gasteiger partial charge in [-0.05, 0) is 12.3 Å². The first-order valence-corrected chi connectivity index (χ1v) is 4.24. The normalized spacial score (nSPS) is 22.9. The lowest BCUT2D eigenvalue weighted by molar-refractivity contribution is -0.0669. The summed E-state index contributed by atoms with van der Waals surface area (Å²) < 4.78 is 5.14. The monoisotopic (exact) mass is 157 g/mol. The standard InChI is InChI=1S/C9H19NO/c1-8(2,3)5-10-9(4)6-11-7-9/h10H,5-7H2,1-4H3. The fraction of sp³-hybridized carbons (Fsp3) is 1.00. The second-order valence-electron chi connectivity index (χ2n) is 4.97. The van der Waals surface area contributed by atoms with E-state index in [9.17, 15) is 0 Å². The van der Waals surface area contributed by atoms with Crippen LogP contribution in [0.3, 0.4) is 0 Å². The van der Waals surface area contributed by atoms with E-state index in [4.69, 9.17) is 4.74 Å². The summed E-state index contributed by atoms with van der Waals surface area (Å²) in [6, 6.07) is 0. The highest BCUT2D eigenvalue weighted by Crippen LogP contribution is 2.18. The van der Waals surface area contributed by atoms with Gasteiger partial charge >= 0.3 is 0 Å². The Hall–Kier alpha value is -0.0800.